The van der Waals surface area contributed by atoms with E-state index in [0.29, 0.717) is 0 Å². The molecule has 0 radical (unpaired) electrons. The normalized spacial score (nSPS) is 11.7. The van der Waals surface area contributed by atoms with Crippen LogP contribution in [0.4, 0.5) is 17.1 Å². The summed E-state index contributed by atoms with van der Waals surface area (Å²) >= 11 is 0. The average Bonchev–Trinajstić information content (AvgIpc) is 3.43. The number of para-hydroxylation sites is 3. The molecule has 0 aliphatic carbocycles. The van der Waals surface area contributed by atoms with Crippen LogP contribution >= 0.6 is 0 Å². The summed E-state index contributed by atoms with van der Waals surface area (Å²) in [5.41, 5.74) is 8.22. The van der Waals surface area contributed by atoms with Gasteiger partial charge in [0.25, 0.3) is 0 Å². The summed E-state index contributed by atoms with van der Waals surface area (Å²) < 4.78 is 2.39. The van der Waals surface area contributed by atoms with Crippen molar-refractivity contribution in [3.05, 3.63) is 169 Å². The first-order chi connectivity index (χ1) is 22.3. The highest BCUT2D eigenvalue weighted by Crippen LogP contribution is 2.43. The smallest absolute Gasteiger partial charge is 0.0561 e. The average molecular weight is 575 g/mol. The van der Waals surface area contributed by atoms with Gasteiger partial charge in [0.15, 0.2) is 0 Å². The van der Waals surface area contributed by atoms with Crippen molar-refractivity contribution in [2.24, 2.45) is 0 Å². The van der Waals surface area contributed by atoms with E-state index in [-0.39, 0.29) is 0 Å². The van der Waals surface area contributed by atoms with E-state index in [1.807, 2.05) is 0 Å². The molecule has 0 unspecified atom stereocenters. The van der Waals surface area contributed by atoms with Gasteiger partial charge in [-0.05, 0) is 93.3 Å². The lowest BCUT2D eigenvalue weighted by atomic mass is 9.94. The van der Waals surface area contributed by atoms with Crippen molar-refractivity contribution in [1.82, 2.24) is 4.57 Å². The molecule has 0 saturated heterocycles. The summed E-state index contributed by atoms with van der Waals surface area (Å²) in [5, 5.41) is 10.2. The van der Waals surface area contributed by atoms with Crippen LogP contribution < -0.4 is 4.90 Å². The largest absolute Gasteiger partial charge is 0.310 e. The van der Waals surface area contributed by atoms with Gasteiger partial charge in [0.2, 0.25) is 0 Å². The molecule has 0 fully saturated rings. The fourth-order valence-electron chi connectivity index (χ4n) is 7.23. The lowest BCUT2D eigenvalue weighted by Crippen LogP contribution is -2.11. The minimum absolute atomic E-state index is 1.13. The molecule has 0 atom stereocenters. The van der Waals surface area contributed by atoms with E-state index in [9.17, 15) is 0 Å². The predicted molar refractivity (Wildman–Crippen MR) is 193 cm³/mol. The first-order valence-corrected chi connectivity index (χ1v) is 15.5. The van der Waals surface area contributed by atoms with Crippen LogP contribution in [-0.2, 0) is 0 Å². The third kappa shape index (κ3) is 3.96. The minimum atomic E-state index is 1.13. The number of hydrogen-bond acceptors (Lipinski definition) is 1. The molecule has 1 aromatic heterocycles. The first kappa shape index (κ1) is 25.6. The fraction of sp³-hybridized carbons (Fsp3) is 0.0233. The van der Waals surface area contributed by atoms with Gasteiger partial charge in [-0.1, -0.05) is 115 Å². The van der Waals surface area contributed by atoms with E-state index >= 15 is 0 Å². The molecular weight excluding hydrogens is 544 g/mol. The van der Waals surface area contributed by atoms with Crippen LogP contribution in [0.3, 0.4) is 0 Å². The number of anilines is 3. The SMILES string of the molecule is Cc1ccccc1N(c1ccc2c3ccccc3c3ccccc3c2c1)c1ccc2c3ccccc3n(-c3ccccc3)c2c1. The Balaban J connectivity index is 1.34. The fourth-order valence-corrected chi connectivity index (χ4v) is 7.23. The van der Waals surface area contributed by atoms with Crippen LogP contribution in [0.25, 0.3) is 59.8 Å². The molecule has 0 spiro atoms. The molecule has 2 heteroatoms. The highest BCUT2D eigenvalue weighted by atomic mass is 15.1. The lowest BCUT2D eigenvalue weighted by Gasteiger charge is -2.28. The third-order valence-electron chi connectivity index (χ3n) is 9.27. The van der Waals surface area contributed by atoms with Crippen molar-refractivity contribution >= 4 is 71.2 Å². The van der Waals surface area contributed by atoms with Gasteiger partial charge in [0, 0.05) is 33.5 Å². The van der Waals surface area contributed by atoms with Crippen LogP contribution in [0, 0.1) is 6.92 Å². The Morgan fingerprint density at radius 1 is 0.378 bits per heavy atom. The van der Waals surface area contributed by atoms with Gasteiger partial charge in [-0.25, -0.2) is 0 Å². The number of fused-ring (bicyclic) bond motifs is 9. The third-order valence-corrected chi connectivity index (χ3v) is 9.27. The van der Waals surface area contributed by atoms with Gasteiger partial charge in [-0.3, -0.25) is 0 Å². The summed E-state index contributed by atoms with van der Waals surface area (Å²) in [6.07, 6.45) is 0. The second kappa shape index (κ2) is 10.1. The summed E-state index contributed by atoms with van der Waals surface area (Å²) in [5.74, 6) is 0. The maximum Gasteiger partial charge on any atom is 0.0561 e. The van der Waals surface area contributed by atoms with E-state index in [1.54, 1.807) is 0 Å². The monoisotopic (exact) mass is 574 g/mol. The molecular formula is C43H30N2. The molecule has 0 amide bonds. The highest BCUT2D eigenvalue weighted by molar-refractivity contribution is 6.25. The number of hydrogen-bond donors (Lipinski definition) is 0. The summed E-state index contributed by atoms with van der Waals surface area (Å²) in [6, 6.07) is 59.6. The molecule has 45 heavy (non-hydrogen) atoms. The molecule has 2 nitrogen and oxygen atoms in total. The van der Waals surface area contributed by atoms with Gasteiger partial charge >= 0.3 is 0 Å². The van der Waals surface area contributed by atoms with Gasteiger partial charge in [-0.2, -0.15) is 0 Å². The predicted octanol–water partition coefficient (Wildman–Crippen LogP) is 12.0. The maximum atomic E-state index is 2.42. The molecule has 9 rings (SSSR count). The van der Waals surface area contributed by atoms with Crippen LogP contribution in [0.15, 0.2) is 164 Å². The first-order valence-electron chi connectivity index (χ1n) is 15.5. The molecule has 1 heterocycles. The Bertz CT molecular complexity index is 2520. The Morgan fingerprint density at radius 3 is 1.56 bits per heavy atom. The maximum absolute atomic E-state index is 2.42. The highest BCUT2D eigenvalue weighted by Gasteiger charge is 2.19. The van der Waals surface area contributed by atoms with Crippen LogP contribution in [0.5, 0.6) is 0 Å². The summed E-state index contributed by atoms with van der Waals surface area (Å²) in [7, 11) is 0. The molecule has 0 bridgehead atoms. The quantitative estimate of drug-likeness (QED) is 0.190. The van der Waals surface area contributed by atoms with E-state index < -0.39 is 0 Å². The summed E-state index contributed by atoms with van der Waals surface area (Å²) in [6.45, 7) is 2.20. The molecule has 212 valence electrons. The van der Waals surface area contributed by atoms with Crippen molar-refractivity contribution in [2.45, 2.75) is 6.92 Å². The summed E-state index contributed by atoms with van der Waals surface area (Å²) in [4.78, 5) is 2.42. The molecule has 0 saturated carbocycles. The van der Waals surface area contributed by atoms with Crippen molar-refractivity contribution in [3.8, 4) is 5.69 Å². The zero-order valence-electron chi connectivity index (χ0n) is 25.0. The minimum Gasteiger partial charge on any atom is -0.310 e. The van der Waals surface area contributed by atoms with E-state index in [1.165, 1.54) is 65.4 Å². The van der Waals surface area contributed by atoms with Crippen molar-refractivity contribution in [3.63, 3.8) is 0 Å². The number of benzene rings is 8. The zero-order chi connectivity index (χ0) is 29.9. The molecule has 8 aromatic carbocycles. The zero-order valence-corrected chi connectivity index (χ0v) is 25.0. The van der Waals surface area contributed by atoms with Crippen LogP contribution in [-0.4, -0.2) is 4.57 Å². The molecule has 0 N–H and O–H groups in total. The molecule has 0 aliphatic heterocycles. The topological polar surface area (TPSA) is 8.17 Å². The Hall–Kier alpha value is -5.86. The van der Waals surface area contributed by atoms with Gasteiger partial charge in [-0.15, -0.1) is 0 Å². The van der Waals surface area contributed by atoms with Gasteiger partial charge in [0.1, 0.15) is 0 Å². The Morgan fingerprint density at radius 2 is 0.867 bits per heavy atom. The Kier molecular flexibility index (Phi) is 5.76. The number of aromatic nitrogens is 1. The van der Waals surface area contributed by atoms with Gasteiger partial charge < -0.3 is 9.47 Å². The number of aryl methyl sites for hydroxylation is 1. The van der Waals surface area contributed by atoms with Crippen molar-refractivity contribution in [2.75, 3.05) is 4.90 Å². The second-order valence-corrected chi connectivity index (χ2v) is 11.8. The van der Waals surface area contributed by atoms with E-state index in [4.69, 9.17) is 0 Å². The van der Waals surface area contributed by atoms with Crippen LogP contribution in [0.2, 0.25) is 0 Å². The van der Waals surface area contributed by atoms with E-state index in [2.05, 4.69) is 180 Å². The molecule has 9 aromatic rings. The number of nitrogens with zero attached hydrogens (tertiary/aromatic N) is 2. The second-order valence-electron chi connectivity index (χ2n) is 11.8. The standard InChI is InChI=1S/C43H30N2/c1-29-13-5-11-21-41(29)44(31-23-25-37-35-18-7-6-16-33(35)34-17-8-9-19-36(34)40(37)27-31)32-24-26-39-38-20-10-12-22-42(38)45(43(39)28-32)30-14-3-2-4-15-30/h2-28H,1H3. The van der Waals surface area contributed by atoms with E-state index in [0.717, 1.165) is 17.1 Å². The molecule has 0 aliphatic rings. The van der Waals surface area contributed by atoms with Crippen molar-refractivity contribution < 1.29 is 0 Å². The lowest BCUT2D eigenvalue weighted by molar-refractivity contribution is 1.18. The van der Waals surface area contributed by atoms with Gasteiger partial charge in [0.05, 0.1) is 11.0 Å². The van der Waals surface area contributed by atoms with Crippen LogP contribution in [0.1, 0.15) is 5.56 Å². The van der Waals surface area contributed by atoms with Crippen molar-refractivity contribution in [1.29, 1.82) is 0 Å². The Labute approximate surface area is 262 Å². The number of rotatable bonds is 4.